The minimum Gasteiger partial charge on any atom is -0.384 e. The summed E-state index contributed by atoms with van der Waals surface area (Å²) in [5.41, 5.74) is 7.53. The number of rotatable bonds is 6. The van der Waals surface area contributed by atoms with Gasteiger partial charge in [-0.1, -0.05) is 48.5 Å². The summed E-state index contributed by atoms with van der Waals surface area (Å²) in [6.45, 7) is 0. The number of nitrogen functional groups attached to an aromatic ring is 1. The van der Waals surface area contributed by atoms with Gasteiger partial charge in [-0.25, -0.2) is 4.98 Å². The second kappa shape index (κ2) is 8.62. The van der Waals surface area contributed by atoms with Crippen LogP contribution in [0.3, 0.4) is 0 Å². The number of aromatic nitrogens is 1. The van der Waals surface area contributed by atoms with E-state index in [1.807, 2.05) is 36.4 Å². The van der Waals surface area contributed by atoms with Crippen molar-refractivity contribution in [2.75, 3.05) is 11.1 Å². The molecule has 0 saturated carbocycles. The molecule has 3 aromatic rings. The summed E-state index contributed by atoms with van der Waals surface area (Å²) in [5.74, 6) is -0.261. The number of anilines is 2. The molecule has 1 unspecified atom stereocenters. The van der Waals surface area contributed by atoms with Crippen molar-refractivity contribution in [3.05, 3.63) is 90.1 Å². The normalized spacial score (nSPS) is 11.4. The van der Waals surface area contributed by atoms with Crippen molar-refractivity contribution in [1.29, 1.82) is 0 Å². The van der Waals surface area contributed by atoms with Crippen LogP contribution in [0.2, 0.25) is 0 Å². The van der Waals surface area contributed by atoms with Gasteiger partial charge in [0, 0.05) is 12.0 Å². The third kappa shape index (κ3) is 5.15. The first-order chi connectivity index (χ1) is 13.1. The van der Waals surface area contributed by atoms with Crippen molar-refractivity contribution in [2.24, 2.45) is 0 Å². The van der Waals surface area contributed by atoms with Crippen LogP contribution in [0.25, 0.3) is 0 Å². The SMILES string of the molecule is Nc1ccc(NC(=O)C(Cc2ccccc2)NC(=O)c2ccccc2)cn1. The van der Waals surface area contributed by atoms with Gasteiger partial charge in [0.25, 0.3) is 5.91 Å². The number of nitrogens with two attached hydrogens (primary N) is 1. The van der Waals surface area contributed by atoms with Crippen molar-refractivity contribution >= 4 is 23.3 Å². The Morgan fingerprint density at radius 1 is 0.926 bits per heavy atom. The zero-order valence-corrected chi connectivity index (χ0v) is 14.6. The summed E-state index contributed by atoms with van der Waals surface area (Å²) in [5, 5.41) is 5.59. The maximum atomic E-state index is 12.8. The Labute approximate surface area is 157 Å². The predicted molar refractivity (Wildman–Crippen MR) is 105 cm³/mol. The van der Waals surface area contributed by atoms with E-state index in [1.54, 1.807) is 36.4 Å². The average molecular weight is 360 g/mol. The maximum Gasteiger partial charge on any atom is 0.251 e. The fourth-order valence-electron chi connectivity index (χ4n) is 2.60. The Kier molecular flexibility index (Phi) is 5.79. The van der Waals surface area contributed by atoms with Crippen LogP contribution in [-0.2, 0) is 11.2 Å². The molecule has 0 spiro atoms. The molecule has 4 N–H and O–H groups in total. The van der Waals surface area contributed by atoms with E-state index >= 15 is 0 Å². The average Bonchev–Trinajstić information content (AvgIpc) is 2.70. The highest BCUT2D eigenvalue weighted by Gasteiger charge is 2.22. The molecule has 0 aliphatic rings. The molecule has 27 heavy (non-hydrogen) atoms. The van der Waals surface area contributed by atoms with E-state index in [4.69, 9.17) is 5.73 Å². The van der Waals surface area contributed by atoms with Gasteiger partial charge in [0.05, 0.1) is 11.9 Å². The molecular weight excluding hydrogens is 340 g/mol. The summed E-state index contributed by atoms with van der Waals surface area (Å²) in [6.07, 6.45) is 1.85. The predicted octanol–water partition coefficient (Wildman–Crippen LogP) is 2.64. The van der Waals surface area contributed by atoms with Crippen molar-refractivity contribution in [3.63, 3.8) is 0 Å². The van der Waals surface area contributed by atoms with Crippen LogP contribution in [0.1, 0.15) is 15.9 Å². The van der Waals surface area contributed by atoms with Crippen LogP contribution >= 0.6 is 0 Å². The zero-order valence-electron chi connectivity index (χ0n) is 14.6. The third-order valence-corrected chi connectivity index (χ3v) is 3.99. The number of pyridine rings is 1. The molecule has 136 valence electrons. The molecule has 3 rings (SSSR count). The Morgan fingerprint density at radius 3 is 2.22 bits per heavy atom. The van der Waals surface area contributed by atoms with Crippen molar-refractivity contribution in [1.82, 2.24) is 10.3 Å². The third-order valence-electron chi connectivity index (χ3n) is 3.99. The van der Waals surface area contributed by atoms with Crippen LogP contribution in [0.5, 0.6) is 0 Å². The van der Waals surface area contributed by atoms with Gasteiger partial charge in [-0.2, -0.15) is 0 Å². The second-order valence-corrected chi connectivity index (χ2v) is 6.04. The molecule has 1 heterocycles. The van der Waals surface area contributed by atoms with E-state index in [2.05, 4.69) is 15.6 Å². The van der Waals surface area contributed by atoms with Gasteiger partial charge in [0.15, 0.2) is 0 Å². The largest absolute Gasteiger partial charge is 0.384 e. The number of hydrogen-bond acceptors (Lipinski definition) is 4. The van der Waals surface area contributed by atoms with Crippen LogP contribution in [-0.4, -0.2) is 22.8 Å². The van der Waals surface area contributed by atoms with E-state index < -0.39 is 6.04 Å². The van der Waals surface area contributed by atoms with E-state index in [9.17, 15) is 9.59 Å². The molecule has 0 fully saturated rings. The van der Waals surface area contributed by atoms with Crippen molar-refractivity contribution in [2.45, 2.75) is 12.5 Å². The fraction of sp³-hybridized carbons (Fsp3) is 0.0952. The molecule has 6 nitrogen and oxygen atoms in total. The standard InChI is InChI=1S/C21H20N4O2/c22-19-12-11-17(14-23-19)24-21(27)18(13-15-7-3-1-4-8-15)25-20(26)16-9-5-2-6-10-16/h1-12,14,18H,13H2,(H2,22,23)(H,24,27)(H,25,26). The maximum absolute atomic E-state index is 12.8. The highest BCUT2D eigenvalue weighted by molar-refractivity contribution is 6.01. The molecule has 0 aliphatic heterocycles. The number of hydrogen-bond donors (Lipinski definition) is 3. The zero-order chi connectivity index (χ0) is 19.1. The minimum absolute atomic E-state index is 0.304. The van der Waals surface area contributed by atoms with Crippen LogP contribution in [0.15, 0.2) is 79.0 Å². The fourth-order valence-corrected chi connectivity index (χ4v) is 2.60. The molecular formula is C21H20N4O2. The Balaban J connectivity index is 1.77. The van der Waals surface area contributed by atoms with Gasteiger partial charge >= 0.3 is 0 Å². The van der Waals surface area contributed by atoms with E-state index in [0.717, 1.165) is 5.56 Å². The quantitative estimate of drug-likeness (QED) is 0.629. The molecule has 0 bridgehead atoms. The molecule has 1 atom stereocenters. The lowest BCUT2D eigenvalue weighted by Crippen LogP contribution is -2.45. The number of carbonyl (C=O) groups excluding carboxylic acids is 2. The monoisotopic (exact) mass is 360 g/mol. The van der Waals surface area contributed by atoms with Crippen LogP contribution < -0.4 is 16.4 Å². The molecule has 0 saturated heterocycles. The van der Waals surface area contributed by atoms with E-state index in [0.29, 0.717) is 23.5 Å². The van der Waals surface area contributed by atoms with Gasteiger partial charge in [0.1, 0.15) is 11.9 Å². The van der Waals surface area contributed by atoms with E-state index in [-0.39, 0.29) is 11.8 Å². The Hall–Kier alpha value is -3.67. The molecule has 1 aromatic heterocycles. The highest BCUT2D eigenvalue weighted by Crippen LogP contribution is 2.10. The number of nitrogens with zero attached hydrogens (tertiary/aromatic N) is 1. The summed E-state index contributed by atoms with van der Waals surface area (Å²) in [4.78, 5) is 29.3. The molecule has 2 aromatic carbocycles. The highest BCUT2D eigenvalue weighted by atomic mass is 16.2. The van der Waals surface area contributed by atoms with Crippen molar-refractivity contribution in [3.8, 4) is 0 Å². The summed E-state index contributed by atoms with van der Waals surface area (Å²) < 4.78 is 0. The van der Waals surface area contributed by atoms with Gasteiger partial charge in [-0.05, 0) is 29.8 Å². The summed E-state index contributed by atoms with van der Waals surface area (Å²) >= 11 is 0. The topological polar surface area (TPSA) is 97.1 Å². The lowest BCUT2D eigenvalue weighted by atomic mass is 10.0. The van der Waals surface area contributed by atoms with Crippen LogP contribution in [0.4, 0.5) is 11.5 Å². The molecule has 0 aliphatic carbocycles. The van der Waals surface area contributed by atoms with Gasteiger partial charge in [0.2, 0.25) is 5.91 Å². The number of carbonyl (C=O) groups is 2. The van der Waals surface area contributed by atoms with Crippen LogP contribution in [0, 0.1) is 0 Å². The minimum atomic E-state index is -0.738. The second-order valence-electron chi connectivity index (χ2n) is 6.04. The smallest absolute Gasteiger partial charge is 0.251 e. The molecule has 6 heteroatoms. The first-order valence-corrected chi connectivity index (χ1v) is 8.54. The lowest BCUT2D eigenvalue weighted by Gasteiger charge is -2.19. The van der Waals surface area contributed by atoms with Gasteiger partial charge < -0.3 is 16.4 Å². The number of benzene rings is 2. The van der Waals surface area contributed by atoms with Crippen molar-refractivity contribution < 1.29 is 9.59 Å². The number of nitrogens with one attached hydrogen (secondary N) is 2. The van der Waals surface area contributed by atoms with E-state index in [1.165, 1.54) is 6.20 Å². The Morgan fingerprint density at radius 2 is 1.59 bits per heavy atom. The first kappa shape index (κ1) is 18.1. The summed E-state index contributed by atoms with van der Waals surface area (Å²) in [7, 11) is 0. The Bertz CT molecular complexity index is 896. The van der Waals surface area contributed by atoms with Gasteiger partial charge in [-0.3, -0.25) is 9.59 Å². The van der Waals surface area contributed by atoms with Gasteiger partial charge in [-0.15, -0.1) is 0 Å². The first-order valence-electron chi connectivity index (χ1n) is 8.54. The number of amides is 2. The molecule has 0 radical (unpaired) electrons. The molecule has 2 amide bonds. The lowest BCUT2D eigenvalue weighted by molar-refractivity contribution is -0.118. The summed E-state index contributed by atoms with van der Waals surface area (Å²) in [6, 6.07) is 20.9.